The van der Waals surface area contributed by atoms with E-state index in [-0.39, 0.29) is 12.1 Å². The number of fused-ring (bicyclic) bond motifs is 2. The quantitative estimate of drug-likeness (QED) is 0.725. The normalized spacial score (nSPS) is 19.6. The van der Waals surface area contributed by atoms with Crippen molar-refractivity contribution in [3.63, 3.8) is 0 Å². The van der Waals surface area contributed by atoms with E-state index < -0.39 is 10.0 Å². The number of anilines is 1. The van der Waals surface area contributed by atoms with Crippen LogP contribution < -0.4 is 10.6 Å². The van der Waals surface area contributed by atoms with Crippen molar-refractivity contribution in [3.05, 3.63) is 39.9 Å². The van der Waals surface area contributed by atoms with Crippen LogP contribution >= 0.6 is 11.3 Å². The summed E-state index contributed by atoms with van der Waals surface area (Å²) in [5.41, 5.74) is 3.33. The number of amides is 2. The largest absolute Gasteiger partial charge is 0.335 e. The van der Waals surface area contributed by atoms with Gasteiger partial charge in [0.2, 0.25) is 10.0 Å². The van der Waals surface area contributed by atoms with Crippen LogP contribution in [-0.4, -0.2) is 36.3 Å². The Labute approximate surface area is 187 Å². The van der Waals surface area contributed by atoms with Gasteiger partial charge in [-0.15, -0.1) is 0 Å². The summed E-state index contributed by atoms with van der Waals surface area (Å²) in [6.07, 6.45) is 9.21. The van der Waals surface area contributed by atoms with Crippen LogP contribution in [0.25, 0.3) is 0 Å². The summed E-state index contributed by atoms with van der Waals surface area (Å²) in [7, 11) is -3.56. The molecular formula is C22H28N4O3S2. The number of sulfonamides is 1. The SMILES string of the molecule is O=C(Nc1nc2c(s1)CN(S(=O)(=O)c1ccc3c(c1)CCCC3)CC2)NC1CCCC1. The maximum atomic E-state index is 13.3. The van der Waals surface area contributed by atoms with E-state index in [1.165, 1.54) is 28.9 Å². The fraction of sp³-hybridized carbons (Fsp3) is 0.545. The number of nitrogens with one attached hydrogen (secondary N) is 2. The minimum atomic E-state index is -3.56. The van der Waals surface area contributed by atoms with Crippen LogP contribution in [0, 0.1) is 0 Å². The summed E-state index contributed by atoms with van der Waals surface area (Å²) >= 11 is 1.37. The molecule has 31 heavy (non-hydrogen) atoms. The van der Waals surface area contributed by atoms with Gasteiger partial charge in [-0.25, -0.2) is 18.2 Å². The maximum Gasteiger partial charge on any atom is 0.321 e. The van der Waals surface area contributed by atoms with Crippen molar-refractivity contribution in [2.45, 2.75) is 75.3 Å². The second-order valence-corrected chi connectivity index (χ2v) is 11.7. The Bertz CT molecular complexity index is 1090. The van der Waals surface area contributed by atoms with Gasteiger partial charge < -0.3 is 5.32 Å². The van der Waals surface area contributed by atoms with Crippen molar-refractivity contribution in [1.29, 1.82) is 0 Å². The van der Waals surface area contributed by atoms with Gasteiger partial charge in [0.25, 0.3) is 0 Å². The zero-order valence-corrected chi connectivity index (χ0v) is 19.2. The highest BCUT2D eigenvalue weighted by Gasteiger charge is 2.31. The second-order valence-electron chi connectivity index (χ2n) is 8.69. The number of carbonyl (C=O) groups excluding carboxylic acids is 1. The highest BCUT2D eigenvalue weighted by atomic mass is 32.2. The first-order valence-electron chi connectivity index (χ1n) is 11.2. The van der Waals surface area contributed by atoms with E-state index in [9.17, 15) is 13.2 Å². The molecule has 2 N–H and O–H groups in total. The van der Waals surface area contributed by atoms with E-state index in [1.54, 1.807) is 10.4 Å². The van der Waals surface area contributed by atoms with Crippen LogP contribution in [0.5, 0.6) is 0 Å². The molecule has 1 fully saturated rings. The predicted molar refractivity (Wildman–Crippen MR) is 121 cm³/mol. The van der Waals surface area contributed by atoms with Crippen LogP contribution in [-0.2, 0) is 35.8 Å². The third-order valence-corrected chi connectivity index (χ3v) is 9.40. The number of carbonyl (C=O) groups is 1. The van der Waals surface area contributed by atoms with E-state index in [0.717, 1.165) is 55.5 Å². The lowest BCUT2D eigenvalue weighted by Crippen LogP contribution is -2.36. The van der Waals surface area contributed by atoms with Gasteiger partial charge in [-0.05, 0) is 61.8 Å². The number of thiazole rings is 1. The lowest BCUT2D eigenvalue weighted by molar-refractivity contribution is 0.248. The predicted octanol–water partition coefficient (Wildman–Crippen LogP) is 3.83. The fourth-order valence-corrected chi connectivity index (χ4v) is 7.40. The molecular weight excluding hydrogens is 432 g/mol. The summed E-state index contributed by atoms with van der Waals surface area (Å²) in [5, 5.41) is 6.37. The Morgan fingerprint density at radius 2 is 1.84 bits per heavy atom. The molecule has 1 saturated carbocycles. The third kappa shape index (κ3) is 4.36. The van der Waals surface area contributed by atoms with Crippen LogP contribution in [0.1, 0.15) is 60.2 Å². The third-order valence-electron chi connectivity index (χ3n) is 6.56. The molecule has 1 aromatic heterocycles. The lowest BCUT2D eigenvalue weighted by atomic mass is 9.92. The molecule has 0 unspecified atom stereocenters. The minimum absolute atomic E-state index is 0.225. The Hall–Kier alpha value is -1.97. The molecule has 9 heteroatoms. The first kappa shape index (κ1) is 20.9. The number of urea groups is 1. The molecule has 5 rings (SSSR count). The number of aryl methyl sites for hydroxylation is 2. The van der Waals surface area contributed by atoms with Gasteiger partial charge in [0.15, 0.2) is 5.13 Å². The molecule has 0 bridgehead atoms. The van der Waals surface area contributed by atoms with Crippen molar-refractivity contribution < 1.29 is 13.2 Å². The summed E-state index contributed by atoms with van der Waals surface area (Å²) in [5.74, 6) is 0. The highest BCUT2D eigenvalue weighted by molar-refractivity contribution is 7.89. The van der Waals surface area contributed by atoms with Gasteiger partial charge in [0.1, 0.15) is 0 Å². The molecule has 0 spiro atoms. The Morgan fingerprint density at radius 3 is 2.65 bits per heavy atom. The molecule has 166 valence electrons. The number of rotatable bonds is 4. The van der Waals surface area contributed by atoms with Gasteiger partial charge in [0, 0.05) is 23.9 Å². The highest BCUT2D eigenvalue weighted by Crippen LogP contribution is 2.32. The van der Waals surface area contributed by atoms with E-state index in [0.29, 0.717) is 29.5 Å². The Kier molecular flexibility index (Phi) is 5.75. The molecule has 3 aliphatic rings. The number of hydrogen-bond donors (Lipinski definition) is 2. The first-order chi connectivity index (χ1) is 15.0. The average molecular weight is 461 g/mol. The van der Waals surface area contributed by atoms with E-state index in [1.807, 2.05) is 12.1 Å². The number of nitrogens with zero attached hydrogens (tertiary/aromatic N) is 2. The zero-order valence-electron chi connectivity index (χ0n) is 17.5. The maximum absolute atomic E-state index is 13.3. The molecule has 0 saturated heterocycles. The Balaban J connectivity index is 1.28. The second kappa shape index (κ2) is 8.52. The number of hydrogen-bond acceptors (Lipinski definition) is 5. The summed E-state index contributed by atoms with van der Waals surface area (Å²) < 4.78 is 28.1. The molecule has 7 nitrogen and oxygen atoms in total. The lowest BCUT2D eigenvalue weighted by Gasteiger charge is -2.26. The van der Waals surface area contributed by atoms with Gasteiger partial charge in [-0.2, -0.15) is 4.31 Å². The van der Waals surface area contributed by atoms with Crippen molar-refractivity contribution in [2.75, 3.05) is 11.9 Å². The molecule has 1 aromatic carbocycles. The number of benzene rings is 1. The van der Waals surface area contributed by atoms with Crippen molar-refractivity contribution in [1.82, 2.24) is 14.6 Å². The van der Waals surface area contributed by atoms with E-state index in [4.69, 9.17) is 0 Å². The van der Waals surface area contributed by atoms with E-state index >= 15 is 0 Å². The summed E-state index contributed by atoms with van der Waals surface area (Å²) in [6.45, 7) is 0.711. The molecule has 1 aliphatic heterocycles. The van der Waals surface area contributed by atoms with Crippen molar-refractivity contribution in [3.8, 4) is 0 Å². The molecule has 0 radical (unpaired) electrons. The average Bonchev–Trinajstić information content (AvgIpc) is 3.41. The van der Waals surface area contributed by atoms with Gasteiger partial charge in [-0.1, -0.05) is 30.2 Å². The van der Waals surface area contributed by atoms with Crippen molar-refractivity contribution in [2.24, 2.45) is 0 Å². The Morgan fingerprint density at radius 1 is 1.06 bits per heavy atom. The number of aromatic nitrogens is 1. The molecule has 2 amide bonds. The monoisotopic (exact) mass is 460 g/mol. The summed E-state index contributed by atoms with van der Waals surface area (Å²) in [4.78, 5) is 18.1. The van der Waals surface area contributed by atoms with Crippen LogP contribution in [0.3, 0.4) is 0 Å². The van der Waals surface area contributed by atoms with Crippen molar-refractivity contribution >= 4 is 32.5 Å². The molecule has 2 heterocycles. The van der Waals surface area contributed by atoms with Crippen LogP contribution in [0.4, 0.5) is 9.93 Å². The van der Waals surface area contributed by atoms with E-state index in [2.05, 4.69) is 15.6 Å². The zero-order chi connectivity index (χ0) is 21.4. The molecule has 0 atom stereocenters. The van der Waals surface area contributed by atoms with Gasteiger partial charge in [-0.3, -0.25) is 5.32 Å². The molecule has 2 aliphatic carbocycles. The fourth-order valence-electron chi connectivity index (χ4n) is 4.84. The smallest absolute Gasteiger partial charge is 0.321 e. The molecule has 2 aromatic rings. The topological polar surface area (TPSA) is 91.4 Å². The van der Waals surface area contributed by atoms with Crippen LogP contribution in [0.15, 0.2) is 23.1 Å². The first-order valence-corrected chi connectivity index (χ1v) is 13.4. The van der Waals surface area contributed by atoms with Gasteiger partial charge in [0.05, 0.1) is 17.1 Å². The summed E-state index contributed by atoms with van der Waals surface area (Å²) in [6, 6.07) is 5.62. The standard InChI is InChI=1S/C22H28N4O3S2/c27-21(23-17-7-3-4-8-17)25-22-24-19-11-12-26(14-20(19)30-22)31(28,29)18-10-9-15-5-1-2-6-16(15)13-18/h9-10,13,17H,1-8,11-12,14H2,(H2,23,24,25,27). The van der Waals surface area contributed by atoms with Crippen LogP contribution in [0.2, 0.25) is 0 Å². The minimum Gasteiger partial charge on any atom is -0.335 e. The van der Waals surface area contributed by atoms with Gasteiger partial charge >= 0.3 is 6.03 Å².